The number of methoxy groups -OCH3 is 2. The summed E-state index contributed by atoms with van der Waals surface area (Å²) in [6, 6.07) is 8.31. The van der Waals surface area contributed by atoms with Gasteiger partial charge in [-0.25, -0.2) is 9.97 Å². The Balaban J connectivity index is 1.63. The van der Waals surface area contributed by atoms with Crippen molar-refractivity contribution in [3.63, 3.8) is 0 Å². The van der Waals surface area contributed by atoms with Crippen LogP contribution in [-0.2, 0) is 0 Å². The van der Waals surface area contributed by atoms with E-state index < -0.39 is 0 Å². The highest BCUT2D eigenvalue weighted by Crippen LogP contribution is 2.28. The highest BCUT2D eigenvalue weighted by molar-refractivity contribution is 5.54. The molecule has 1 aromatic heterocycles. The Kier molecular flexibility index (Phi) is 5.26. The molecule has 1 saturated heterocycles. The summed E-state index contributed by atoms with van der Waals surface area (Å²) in [5.74, 6) is 2.44. The Bertz CT molecular complexity index is 685. The second kappa shape index (κ2) is 7.59. The van der Waals surface area contributed by atoms with Gasteiger partial charge in [0.2, 0.25) is 5.95 Å². The molecular formula is C19H26N4O2. The molecule has 0 atom stereocenters. The number of anilines is 2. The van der Waals surface area contributed by atoms with Gasteiger partial charge in [-0.15, -0.1) is 0 Å². The predicted octanol–water partition coefficient (Wildman–Crippen LogP) is 3.19. The molecule has 1 aliphatic heterocycles. The largest absolute Gasteiger partial charge is 0.497 e. The zero-order valence-electron chi connectivity index (χ0n) is 15.4. The molecule has 2 aromatic rings. The van der Waals surface area contributed by atoms with Gasteiger partial charge in [0, 0.05) is 54.4 Å². The molecule has 0 unspecified atom stereocenters. The lowest BCUT2D eigenvalue weighted by atomic mass is 10.0. The third-order valence-electron chi connectivity index (χ3n) is 4.47. The molecule has 25 heavy (non-hydrogen) atoms. The number of hydrogen-bond donors (Lipinski definition) is 1. The lowest BCUT2D eigenvalue weighted by molar-refractivity contribution is 0.394. The molecule has 0 radical (unpaired) electrons. The molecule has 0 amide bonds. The third-order valence-corrected chi connectivity index (χ3v) is 4.47. The standard InChI is InChI=1S/C19H26N4O2/c1-13-9-14(2)21-19(20-13)23-7-5-15(6-8-23)22-16-10-17(24-3)12-18(11-16)25-4/h9-12,15,22H,5-8H2,1-4H3. The molecule has 6 nitrogen and oxygen atoms in total. The third kappa shape index (κ3) is 4.32. The van der Waals surface area contributed by atoms with E-state index in [1.807, 2.05) is 38.1 Å². The van der Waals surface area contributed by atoms with E-state index in [2.05, 4.69) is 20.2 Å². The van der Waals surface area contributed by atoms with Crippen LogP contribution in [0.4, 0.5) is 11.6 Å². The summed E-state index contributed by atoms with van der Waals surface area (Å²) in [6.07, 6.45) is 2.08. The lowest BCUT2D eigenvalue weighted by Gasteiger charge is -2.33. The molecule has 0 bridgehead atoms. The van der Waals surface area contributed by atoms with E-state index in [0.29, 0.717) is 6.04 Å². The van der Waals surface area contributed by atoms with Crippen molar-refractivity contribution in [2.24, 2.45) is 0 Å². The fourth-order valence-corrected chi connectivity index (χ4v) is 3.20. The van der Waals surface area contributed by atoms with E-state index in [-0.39, 0.29) is 0 Å². The quantitative estimate of drug-likeness (QED) is 0.900. The fraction of sp³-hybridized carbons (Fsp3) is 0.474. The number of hydrogen-bond acceptors (Lipinski definition) is 6. The molecule has 134 valence electrons. The summed E-state index contributed by atoms with van der Waals surface area (Å²) in [4.78, 5) is 11.4. The maximum atomic E-state index is 5.34. The summed E-state index contributed by atoms with van der Waals surface area (Å²) in [5.41, 5.74) is 3.06. The van der Waals surface area contributed by atoms with Gasteiger partial charge in [-0.3, -0.25) is 0 Å². The van der Waals surface area contributed by atoms with Crippen LogP contribution in [0.25, 0.3) is 0 Å². The van der Waals surface area contributed by atoms with E-state index in [0.717, 1.165) is 60.5 Å². The predicted molar refractivity (Wildman–Crippen MR) is 99.9 cm³/mol. The van der Waals surface area contributed by atoms with Crippen LogP contribution in [0.5, 0.6) is 11.5 Å². The Morgan fingerprint density at radius 2 is 1.48 bits per heavy atom. The summed E-state index contributed by atoms with van der Waals surface area (Å²) in [5, 5.41) is 3.60. The van der Waals surface area contributed by atoms with Gasteiger partial charge in [-0.2, -0.15) is 0 Å². The maximum Gasteiger partial charge on any atom is 0.225 e. The van der Waals surface area contributed by atoms with E-state index in [1.54, 1.807) is 14.2 Å². The van der Waals surface area contributed by atoms with Gasteiger partial charge in [0.25, 0.3) is 0 Å². The molecule has 6 heteroatoms. The molecule has 3 rings (SSSR count). The Morgan fingerprint density at radius 3 is 2.00 bits per heavy atom. The lowest BCUT2D eigenvalue weighted by Crippen LogP contribution is -2.40. The number of nitrogens with one attached hydrogen (secondary N) is 1. The molecular weight excluding hydrogens is 316 g/mol. The van der Waals surface area contributed by atoms with Crippen LogP contribution in [0.2, 0.25) is 0 Å². The number of aromatic nitrogens is 2. The van der Waals surface area contributed by atoms with Crippen molar-refractivity contribution in [2.45, 2.75) is 32.7 Å². The number of rotatable bonds is 5. The number of ether oxygens (including phenoxy) is 2. The fourth-order valence-electron chi connectivity index (χ4n) is 3.20. The highest BCUT2D eigenvalue weighted by atomic mass is 16.5. The van der Waals surface area contributed by atoms with Crippen molar-refractivity contribution in [1.29, 1.82) is 0 Å². The van der Waals surface area contributed by atoms with E-state index in [1.165, 1.54) is 0 Å². The minimum Gasteiger partial charge on any atom is -0.497 e. The van der Waals surface area contributed by atoms with Gasteiger partial charge in [-0.05, 0) is 32.8 Å². The first-order chi connectivity index (χ1) is 12.1. The average molecular weight is 342 g/mol. The van der Waals surface area contributed by atoms with Crippen LogP contribution in [0.3, 0.4) is 0 Å². The van der Waals surface area contributed by atoms with Crippen LogP contribution < -0.4 is 19.7 Å². The van der Waals surface area contributed by atoms with Crippen molar-refractivity contribution in [3.05, 3.63) is 35.7 Å². The average Bonchev–Trinajstić information content (AvgIpc) is 2.61. The zero-order valence-corrected chi connectivity index (χ0v) is 15.4. The van der Waals surface area contributed by atoms with E-state index >= 15 is 0 Å². The first-order valence-electron chi connectivity index (χ1n) is 8.64. The second-order valence-electron chi connectivity index (χ2n) is 6.46. The Morgan fingerprint density at radius 1 is 0.920 bits per heavy atom. The summed E-state index contributed by atoms with van der Waals surface area (Å²) >= 11 is 0. The normalized spacial score (nSPS) is 15.1. The molecule has 2 heterocycles. The smallest absolute Gasteiger partial charge is 0.225 e. The van der Waals surface area contributed by atoms with Gasteiger partial charge < -0.3 is 19.7 Å². The minimum atomic E-state index is 0.416. The summed E-state index contributed by atoms with van der Waals surface area (Å²) in [7, 11) is 3.34. The van der Waals surface area contributed by atoms with Crippen molar-refractivity contribution in [1.82, 2.24) is 9.97 Å². The Labute approximate surface area is 149 Å². The molecule has 0 aliphatic carbocycles. The topological polar surface area (TPSA) is 59.5 Å². The molecule has 1 N–H and O–H groups in total. The molecule has 0 saturated carbocycles. The maximum absolute atomic E-state index is 5.34. The van der Waals surface area contributed by atoms with Crippen LogP contribution in [0.1, 0.15) is 24.2 Å². The second-order valence-corrected chi connectivity index (χ2v) is 6.46. The number of benzene rings is 1. The summed E-state index contributed by atoms with van der Waals surface area (Å²) < 4.78 is 10.7. The highest BCUT2D eigenvalue weighted by Gasteiger charge is 2.21. The van der Waals surface area contributed by atoms with Crippen LogP contribution in [-0.4, -0.2) is 43.3 Å². The van der Waals surface area contributed by atoms with Crippen LogP contribution >= 0.6 is 0 Å². The molecule has 0 spiro atoms. The Hall–Kier alpha value is -2.50. The molecule has 1 aromatic carbocycles. The molecule has 1 aliphatic rings. The van der Waals surface area contributed by atoms with Gasteiger partial charge in [0.1, 0.15) is 11.5 Å². The van der Waals surface area contributed by atoms with E-state index in [4.69, 9.17) is 9.47 Å². The number of aryl methyl sites for hydroxylation is 2. The van der Waals surface area contributed by atoms with Crippen molar-refractivity contribution >= 4 is 11.6 Å². The zero-order chi connectivity index (χ0) is 17.8. The van der Waals surface area contributed by atoms with Crippen molar-refractivity contribution < 1.29 is 9.47 Å². The van der Waals surface area contributed by atoms with Gasteiger partial charge in [0.05, 0.1) is 14.2 Å². The monoisotopic (exact) mass is 342 g/mol. The first kappa shape index (κ1) is 17.3. The first-order valence-corrected chi connectivity index (χ1v) is 8.64. The van der Waals surface area contributed by atoms with Crippen molar-refractivity contribution in [3.8, 4) is 11.5 Å². The number of piperidine rings is 1. The van der Waals surface area contributed by atoms with Crippen molar-refractivity contribution in [2.75, 3.05) is 37.5 Å². The number of nitrogens with zero attached hydrogens (tertiary/aromatic N) is 3. The van der Waals surface area contributed by atoms with Crippen LogP contribution in [0.15, 0.2) is 24.3 Å². The SMILES string of the molecule is COc1cc(NC2CCN(c3nc(C)cc(C)n3)CC2)cc(OC)c1. The van der Waals surface area contributed by atoms with Gasteiger partial charge in [0.15, 0.2) is 0 Å². The van der Waals surface area contributed by atoms with Gasteiger partial charge in [-0.1, -0.05) is 0 Å². The van der Waals surface area contributed by atoms with Crippen LogP contribution in [0, 0.1) is 13.8 Å². The summed E-state index contributed by atoms with van der Waals surface area (Å²) in [6.45, 7) is 5.93. The molecule has 1 fully saturated rings. The van der Waals surface area contributed by atoms with E-state index in [9.17, 15) is 0 Å². The minimum absolute atomic E-state index is 0.416. The van der Waals surface area contributed by atoms with Gasteiger partial charge >= 0.3 is 0 Å².